The maximum absolute atomic E-state index is 13.7. The topological polar surface area (TPSA) is 121 Å². The third-order valence-corrected chi connectivity index (χ3v) is 7.07. The first kappa shape index (κ1) is 25.8. The van der Waals surface area contributed by atoms with Gasteiger partial charge >= 0.3 is 6.18 Å². The van der Waals surface area contributed by atoms with Crippen LogP contribution in [0, 0.1) is 6.92 Å². The molecule has 0 fully saturated rings. The van der Waals surface area contributed by atoms with E-state index in [1.165, 1.54) is 10.9 Å². The van der Waals surface area contributed by atoms with Crippen LogP contribution in [0.5, 0.6) is 0 Å². The Morgan fingerprint density at radius 2 is 1.97 bits per heavy atom. The van der Waals surface area contributed by atoms with Crippen molar-refractivity contribution < 1.29 is 22.8 Å². The Morgan fingerprint density at radius 1 is 1.25 bits per heavy atom. The van der Waals surface area contributed by atoms with Crippen LogP contribution >= 0.6 is 27.3 Å². The number of anilines is 1. The number of thiophene rings is 1. The number of hydrogen-bond donors (Lipinski definition) is 2. The van der Waals surface area contributed by atoms with Gasteiger partial charge in [0, 0.05) is 29.9 Å². The van der Waals surface area contributed by atoms with Crippen LogP contribution in [0.4, 0.5) is 18.9 Å². The number of amides is 2. The van der Waals surface area contributed by atoms with Gasteiger partial charge in [0.1, 0.15) is 21.4 Å². The highest BCUT2D eigenvalue weighted by molar-refractivity contribution is 9.10. The van der Waals surface area contributed by atoms with Crippen LogP contribution in [-0.4, -0.2) is 36.4 Å². The first-order valence-corrected chi connectivity index (χ1v) is 12.4. The molecule has 0 saturated carbocycles. The predicted octanol–water partition coefficient (Wildman–Crippen LogP) is 5.15. The summed E-state index contributed by atoms with van der Waals surface area (Å²) < 4.78 is 45.0. The third-order valence-electron chi connectivity index (χ3n) is 5.56. The smallest absolute Gasteiger partial charge is 0.365 e. The molecule has 1 unspecified atom stereocenters. The van der Waals surface area contributed by atoms with E-state index in [1.54, 1.807) is 30.9 Å². The molecular formula is C22H21BrF3N7O2S. The number of pyridine rings is 1. The lowest BCUT2D eigenvalue weighted by molar-refractivity contribution is -0.140. The molecule has 0 saturated heterocycles. The zero-order chi connectivity index (χ0) is 26.4. The standard InChI is InChI=1S/C22H21BrF3N7O2S/c1-4-14(33-8-11(23)7-28-33)20(35)30-17-16-12(13-9-32(5-2)31-10(13)3)6-15(22(24,25)26)29-21(16)36-18(17)19(27)34/h6-9,14H,4-5H2,1-3H3,(H2,27,34)(H,30,35). The number of hydrogen-bond acceptors (Lipinski definition) is 6. The van der Waals surface area contributed by atoms with E-state index < -0.39 is 29.7 Å². The highest BCUT2D eigenvalue weighted by Gasteiger charge is 2.36. The summed E-state index contributed by atoms with van der Waals surface area (Å²) in [5, 5.41) is 11.4. The van der Waals surface area contributed by atoms with Crippen LogP contribution in [0.1, 0.15) is 47.4 Å². The quantitative estimate of drug-likeness (QED) is 0.311. The minimum absolute atomic E-state index is 0.0112. The Morgan fingerprint density at radius 3 is 2.50 bits per heavy atom. The van der Waals surface area contributed by atoms with Crippen LogP contribution < -0.4 is 11.1 Å². The monoisotopic (exact) mass is 583 g/mol. The highest BCUT2D eigenvalue weighted by Crippen LogP contribution is 2.44. The van der Waals surface area contributed by atoms with E-state index in [0.717, 1.165) is 6.07 Å². The largest absolute Gasteiger partial charge is 0.433 e. The van der Waals surface area contributed by atoms with Crippen molar-refractivity contribution in [3.05, 3.63) is 45.4 Å². The van der Waals surface area contributed by atoms with Crippen LogP contribution in [0.25, 0.3) is 21.3 Å². The van der Waals surface area contributed by atoms with Gasteiger partial charge < -0.3 is 11.1 Å². The Kier molecular flexibility index (Phi) is 6.92. The summed E-state index contributed by atoms with van der Waals surface area (Å²) in [4.78, 5) is 29.2. The molecule has 14 heteroatoms. The van der Waals surface area contributed by atoms with Gasteiger partial charge in [-0.15, -0.1) is 11.3 Å². The number of aromatic nitrogens is 5. The van der Waals surface area contributed by atoms with Crippen molar-refractivity contribution in [3.63, 3.8) is 0 Å². The fourth-order valence-corrected chi connectivity index (χ4v) is 5.19. The van der Waals surface area contributed by atoms with Gasteiger partial charge in [-0.05, 0) is 47.8 Å². The van der Waals surface area contributed by atoms with E-state index in [0.29, 0.717) is 40.0 Å². The molecule has 0 aromatic carbocycles. The molecule has 3 N–H and O–H groups in total. The van der Waals surface area contributed by atoms with Gasteiger partial charge in [-0.2, -0.15) is 23.4 Å². The summed E-state index contributed by atoms with van der Waals surface area (Å²) in [6.45, 7) is 5.80. The Bertz CT molecular complexity index is 1470. The normalized spacial score (nSPS) is 12.8. The Balaban J connectivity index is 1.96. The Labute approximate surface area is 215 Å². The molecule has 0 aliphatic rings. The second kappa shape index (κ2) is 9.65. The number of rotatable bonds is 7. The molecule has 4 rings (SSSR count). The van der Waals surface area contributed by atoms with Gasteiger partial charge in [-0.1, -0.05) is 6.92 Å². The van der Waals surface area contributed by atoms with Gasteiger partial charge in [0.15, 0.2) is 0 Å². The first-order chi connectivity index (χ1) is 16.9. The molecule has 0 radical (unpaired) electrons. The lowest BCUT2D eigenvalue weighted by atomic mass is 10.0. The number of carbonyl (C=O) groups is 2. The second-order valence-electron chi connectivity index (χ2n) is 7.94. The molecule has 4 heterocycles. The molecule has 190 valence electrons. The second-order valence-corrected chi connectivity index (χ2v) is 9.85. The zero-order valence-electron chi connectivity index (χ0n) is 19.4. The average molecular weight is 584 g/mol. The van der Waals surface area contributed by atoms with Crippen LogP contribution in [0.15, 0.2) is 29.1 Å². The van der Waals surface area contributed by atoms with Crippen molar-refractivity contribution in [2.24, 2.45) is 5.73 Å². The summed E-state index contributed by atoms with van der Waals surface area (Å²) in [5.74, 6) is -1.41. The van der Waals surface area contributed by atoms with E-state index >= 15 is 0 Å². The number of fused-ring (bicyclic) bond motifs is 1. The molecule has 2 amide bonds. The van der Waals surface area contributed by atoms with Crippen molar-refractivity contribution in [2.45, 2.75) is 46.0 Å². The summed E-state index contributed by atoms with van der Waals surface area (Å²) in [5.41, 5.74) is 5.50. The van der Waals surface area contributed by atoms with Gasteiger partial charge in [-0.25, -0.2) is 4.98 Å². The fraction of sp³-hybridized carbons (Fsp3) is 0.318. The SMILES string of the molecule is CCC(C(=O)Nc1c(C(N)=O)sc2nc(C(F)(F)F)cc(-c3cn(CC)nc3C)c12)n1cc(Br)cn1. The highest BCUT2D eigenvalue weighted by atomic mass is 79.9. The number of nitrogens with zero attached hydrogens (tertiary/aromatic N) is 5. The van der Waals surface area contributed by atoms with E-state index in [2.05, 4.69) is 36.4 Å². The molecule has 4 aromatic rings. The number of halogens is 4. The van der Waals surface area contributed by atoms with Crippen LogP contribution in [0.2, 0.25) is 0 Å². The summed E-state index contributed by atoms with van der Waals surface area (Å²) in [6, 6.07) is 0.156. The zero-order valence-corrected chi connectivity index (χ0v) is 21.8. The summed E-state index contributed by atoms with van der Waals surface area (Å²) in [7, 11) is 0. The maximum atomic E-state index is 13.7. The van der Waals surface area contributed by atoms with Gasteiger partial charge in [-0.3, -0.25) is 19.0 Å². The number of carbonyl (C=O) groups excluding carboxylic acids is 2. The minimum Gasteiger partial charge on any atom is -0.365 e. The van der Waals surface area contributed by atoms with Crippen LogP contribution in [0.3, 0.4) is 0 Å². The minimum atomic E-state index is -4.74. The van der Waals surface area contributed by atoms with Crippen molar-refractivity contribution >= 4 is 55.0 Å². The molecule has 0 aliphatic carbocycles. The molecule has 0 spiro atoms. The number of aryl methyl sites for hydroxylation is 2. The molecule has 36 heavy (non-hydrogen) atoms. The number of alkyl halides is 3. The summed E-state index contributed by atoms with van der Waals surface area (Å²) >= 11 is 3.99. The lowest BCUT2D eigenvalue weighted by Gasteiger charge is -2.17. The fourth-order valence-electron chi connectivity index (χ4n) is 3.88. The molecule has 1 atom stereocenters. The van der Waals surface area contributed by atoms with Crippen molar-refractivity contribution in [1.29, 1.82) is 0 Å². The van der Waals surface area contributed by atoms with Crippen LogP contribution in [-0.2, 0) is 17.5 Å². The van der Waals surface area contributed by atoms with Crippen molar-refractivity contribution in [2.75, 3.05) is 5.32 Å². The lowest BCUT2D eigenvalue weighted by Crippen LogP contribution is -2.27. The molecule has 0 bridgehead atoms. The Hall–Kier alpha value is -3.26. The van der Waals surface area contributed by atoms with Gasteiger partial charge in [0.2, 0.25) is 5.91 Å². The average Bonchev–Trinajstić information content (AvgIpc) is 3.50. The number of nitrogens with two attached hydrogens (primary N) is 1. The van der Waals surface area contributed by atoms with Crippen molar-refractivity contribution in [1.82, 2.24) is 24.5 Å². The number of nitrogens with one attached hydrogen (secondary N) is 1. The predicted molar refractivity (Wildman–Crippen MR) is 133 cm³/mol. The van der Waals surface area contributed by atoms with Crippen molar-refractivity contribution in [3.8, 4) is 11.1 Å². The van der Waals surface area contributed by atoms with Gasteiger partial charge in [0.05, 0.1) is 22.1 Å². The molecule has 0 aliphatic heterocycles. The van der Waals surface area contributed by atoms with Gasteiger partial charge in [0.25, 0.3) is 5.91 Å². The summed E-state index contributed by atoms with van der Waals surface area (Å²) in [6.07, 6.45) is 0.394. The molecule has 9 nitrogen and oxygen atoms in total. The van der Waals surface area contributed by atoms with E-state index in [-0.39, 0.29) is 26.3 Å². The molecular weight excluding hydrogens is 563 g/mol. The molecule has 4 aromatic heterocycles. The first-order valence-electron chi connectivity index (χ1n) is 10.8. The van der Waals surface area contributed by atoms with E-state index in [4.69, 9.17) is 5.73 Å². The van der Waals surface area contributed by atoms with E-state index in [9.17, 15) is 22.8 Å². The number of primary amides is 1. The van der Waals surface area contributed by atoms with E-state index in [1.807, 2.05) is 6.92 Å². The maximum Gasteiger partial charge on any atom is 0.433 e. The third kappa shape index (κ3) is 4.74.